The van der Waals surface area contributed by atoms with E-state index in [2.05, 4.69) is 5.10 Å². The van der Waals surface area contributed by atoms with Gasteiger partial charge in [0.15, 0.2) is 0 Å². The highest BCUT2D eigenvalue weighted by Gasteiger charge is 2.33. The van der Waals surface area contributed by atoms with Crippen molar-refractivity contribution < 1.29 is 22.4 Å². The smallest absolute Gasteiger partial charge is 0.406 e. The molecule has 0 saturated heterocycles. The van der Waals surface area contributed by atoms with Gasteiger partial charge in [0.25, 0.3) is 0 Å². The fourth-order valence-corrected chi connectivity index (χ4v) is 2.55. The molecule has 0 aliphatic carbocycles. The number of hydrogen-bond donors (Lipinski definition) is 0. The zero-order valence-electron chi connectivity index (χ0n) is 13.4. The lowest BCUT2D eigenvalue weighted by Crippen LogP contribution is -2.40. The van der Waals surface area contributed by atoms with Crippen LogP contribution in [0.15, 0.2) is 58.1 Å². The van der Waals surface area contributed by atoms with Crippen LogP contribution in [0, 0.1) is 0 Å². The Morgan fingerprint density at radius 3 is 2.65 bits per heavy atom. The van der Waals surface area contributed by atoms with E-state index in [9.17, 15) is 22.8 Å². The van der Waals surface area contributed by atoms with Crippen molar-refractivity contribution >= 4 is 16.8 Å². The number of furan rings is 1. The number of nitrogens with zero attached hydrogens (tertiary/aromatic N) is 3. The first-order valence-electron chi connectivity index (χ1n) is 7.65. The van der Waals surface area contributed by atoms with E-state index < -0.39 is 25.2 Å². The second-order valence-electron chi connectivity index (χ2n) is 5.63. The lowest BCUT2D eigenvalue weighted by molar-refractivity contribution is -0.163. The number of carbonyl (C=O) groups excluding carboxylic acids is 1. The van der Waals surface area contributed by atoms with Gasteiger partial charge in [0.05, 0.1) is 24.5 Å². The number of amides is 1. The molecule has 136 valence electrons. The topological polar surface area (TPSA) is 68.3 Å². The van der Waals surface area contributed by atoms with Crippen LogP contribution < -0.4 is 5.43 Å². The summed E-state index contributed by atoms with van der Waals surface area (Å²) in [7, 11) is 0. The third kappa shape index (κ3) is 4.11. The first kappa shape index (κ1) is 17.7. The van der Waals surface area contributed by atoms with Gasteiger partial charge in [-0.15, -0.1) is 0 Å². The monoisotopic (exact) mass is 365 g/mol. The predicted octanol–water partition coefficient (Wildman–Crippen LogP) is 2.58. The molecule has 1 amide bonds. The van der Waals surface area contributed by atoms with Crippen molar-refractivity contribution in [1.29, 1.82) is 0 Å². The van der Waals surface area contributed by atoms with Gasteiger partial charge in [0, 0.05) is 5.39 Å². The molecule has 0 fully saturated rings. The highest BCUT2D eigenvalue weighted by atomic mass is 19.4. The van der Waals surface area contributed by atoms with Gasteiger partial charge in [-0.3, -0.25) is 14.3 Å². The number of aromatic nitrogens is 2. The number of hydrogen-bond acceptors (Lipinski definition) is 4. The van der Waals surface area contributed by atoms with E-state index in [1.165, 1.54) is 23.1 Å². The third-order valence-electron chi connectivity index (χ3n) is 3.70. The average molecular weight is 365 g/mol. The molecule has 6 nitrogen and oxygen atoms in total. The molecule has 0 N–H and O–H groups in total. The summed E-state index contributed by atoms with van der Waals surface area (Å²) in [5.41, 5.74) is 0.0466. The van der Waals surface area contributed by atoms with Crippen LogP contribution in [-0.4, -0.2) is 33.3 Å². The lowest BCUT2D eigenvalue weighted by atomic mass is 10.2. The van der Waals surface area contributed by atoms with Crippen LogP contribution in [0.3, 0.4) is 0 Å². The number of alkyl halides is 3. The molecular formula is C17H14F3N3O3. The Labute approximate surface area is 145 Å². The Morgan fingerprint density at radius 2 is 1.96 bits per heavy atom. The van der Waals surface area contributed by atoms with Crippen molar-refractivity contribution in [3.63, 3.8) is 0 Å². The minimum atomic E-state index is -4.55. The van der Waals surface area contributed by atoms with Gasteiger partial charge in [-0.25, -0.2) is 0 Å². The maximum Gasteiger partial charge on any atom is 0.406 e. The Bertz CT molecular complexity index is 965. The molecule has 26 heavy (non-hydrogen) atoms. The normalized spacial score (nSPS) is 11.7. The Balaban J connectivity index is 1.88. The average Bonchev–Trinajstić information content (AvgIpc) is 3.09. The van der Waals surface area contributed by atoms with Gasteiger partial charge < -0.3 is 9.32 Å². The van der Waals surface area contributed by atoms with Gasteiger partial charge in [0.1, 0.15) is 18.8 Å². The van der Waals surface area contributed by atoms with Gasteiger partial charge >= 0.3 is 6.18 Å². The van der Waals surface area contributed by atoms with Crippen LogP contribution in [0.5, 0.6) is 0 Å². The second kappa shape index (κ2) is 7.03. The molecule has 0 aliphatic heterocycles. The summed E-state index contributed by atoms with van der Waals surface area (Å²) in [5, 5.41) is 4.21. The number of halogens is 3. The number of para-hydroxylation sites is 1. The van der Waals surface area contributed by atoms with Crippen LogP contribution in [-0.2, 0) is 17.9 Å². The van der Waals surface area contributed by atoms with Crippen molar-refractivity contribution in [3.05, 3.63) is 64.8 Å². The Kier molecular flexibility index (Phi) is 4.79. The SMILES string of the molecule is O=C(Cn1ncc(=O)c2ccccc21)N(Cc1ccco1)CC(F)(F)F. The molecule has 0 saturated carbocycles. The molecule has 2 heterocycles. The van der Waals surface area contributed by atoms with Crippen molar-refractivity contribution in [2.24, 2.45) is 0 Å². The van der Waals surface area contributed by atoms with Crippen LogP contribution in [0.4, 0.5) is 13.2 Å². The summed E-state index contributed by atoms with van der Waals surface area (Å²) >= 11 is 0. The highest BCUT2D eigenvalue weighted by Crippen LogP contribution is 2.19. The van der Waals surface area contributed by atoms with Crippen LogP contribution >= 0.6 is 0 Å². The van der Waals surface area contributed by atoms with Crippen LogP contribution in [0.1, 0.15) is 5.76 Å². The molecule has 3 aromatic rings. The molecular weight excluding hydrogens is 351 g/mol. The lowest BCUT2D eigenvalue weighted by Gasteiger charge is -2.23. The zero-order chi connectivity index (χ0) is 18.7. The van der Waals surface area contributed by atoms with E-state index in [1.807, 2.05) is 0 Å². The van der Waals surface area contributed by atoms with Gasteiger partial charge in [-0.1, -0.05) is 12.1 Å². The summed E-state index contributed by atoms with van der Waals surface area (Å²) in [4.78, 5) is 25.0. The number of carbonyl (C=O) groups is 1. The minimum absolute atomic E-state index is 0.236. The van der Waals surface area contributed by atoms with E-state index >= 15 is 0 Å². The molecule has 0 unspecified atom stereocenters. The van der Waals surface area contributed by atoms with Gasteiger partial charge in [-0.05, 0) is 24.3 Å². The second-order valence-corrected chi connectivity index (χ2v) is 5.63. The Hall–Kier alpha value is -3.10. The largest absolute Gasteiger partial charge is 0.467 e. The highest BCUT2D eigenvalue weighted by molar-refractivity contribution is 5.81. The maximum absolute atomic E-state index is 12.9. The molecule has 0 radical (unpaired) electrons. The molecule has 0 atom stereocenters. The predicted molar refractivity (Wildman–Crippen MR) is 86.2 cm³/mol. The molecule has 1 aromatic carbocycles. The maximum atomic E-state index is 12.9. The standard InChI is InChI=1S/C17H14F3N3O3/c18-17(19,20)11-22(9-12-4-3-7-26-12)16(25)10-23-14-6-2-1-5-13(14)15(24)8-21-23/h1-8H,9-11H2. The van der Waals surface area contributed by atoms with Crippen molar-refractivity contribution in [1.82, 2.24) is 14.7 Å². The molecule has 0 spiro atoms. The van der Waals surface area contributed by atoms with Crippen molar-refractivity contribution in [3.8, 4) is 0 Å². The first-order chi connectivity index (χ1) is 12.3. The molecule has 9 heteroatoms. The summed E-state index contributed by atoms with van der Waals surface area (Å²) in [6, 6.07) is 9.48. The molecule has 0 aliphatic rings. The summed E-state index contributed by atoms with van der Waals surface area (Å²) in [6.07, 6.45) is -2.19. The number of rotatable bonds is 5. The van der Waals surface area contributed by atoms with Crippen LogP contribution in [0.2, 0.25) is 0 Å². The van der Waals surface area contributed by atoms with E-state index in [1.54, 1.807) is 24.3 Å². The summed E-state index contributed by atoms with van der Waals surface area (Å²) in [6.45, 7) is -2.16. The van der Waals surface area contributed by atoms with E-state index in [-0.39, 0.29) is 17.7 Å². The molecule has 0 bridgehead atoms. The van der Waals surface area contributed by atoms with Crippen LogP contribution in [0.25, 0.3) is 10.9 Å². The van der Waals surface area contributed by atoms with Gasteiger partial charge in [0.2, 0.25) is 11.3 Å². The van der Waals surface area contributed by atoms with E-state index in [4.69, 9.17) is 4.42 Å². The van der Waals surface area contributed by atoms with Gasteiger partial charge in [-0.2, -0.15) is 18.3 Å². The zero-order valence-corrected chi connectivity index (χ0v) is 13.4. The quantitative estimate of drug-likeness (QED) is 0.697. The molecule has 2 aromatic heterocycles. The first-order valence-corrected chi connectivity index (χ1v) is 7.65. The van der Waals surface area contributed by atoms with E-state index in [0.717, 1.165) is 6.20 Å². The molecule has 3 rings (SSSR count). The Morgan fingerprint density at radius 1 is 1.19 bits per heavy atom. The third-order valence-corrected chi connectivity index (χ3v) is 3.70. The fourth-order valence-electron chi connectivity index (χ4n) is 2.55. The van der Waals surface area contributed by atoms with Crippen molar-refractivity contribution in [2.75, 3.05) is 6.54 Å². The van der Waals surface area contributed by atoms with E-state index in [0.29, 0.717) is 15.8 Å². The summed E-state index contributed by atoms with van der Waals surface area (Å²) < 4.78 is 44.8. The number of benzene rings is 1. The number of fused-ring (bicyclic) bond motifs is 1. The fraction of sp³-hybridized carbons (Fsp3) is 0.235. The minimum Gasteiger partial charge on any atom is -0.467 e. The summed E-state index contributed by atoms with van der Waals surface area (Å²) in [5.74, 6) is -0.555. The van der Waals surface area contributed by atoms with Crippen molar-refractivity contribution in [2.45, 2.75) is 19.3 Å².